The first-order valence-corrected chi connectivity index (χ1v) is 7.63. The molecule has 2 heterocycles. The van der Waals surface area contributed by atoms with E-state index in [2.05, 4.69) is 4.98 Å². The highest BCUT2D eigenvalue weighted by Crippen LogP contribution is 2.32. The van der Waals surface area contributed by atoms with Gasteiger partial charge in [-0.2, -0.15) is 0 Å². The highest BCUT2D eigenvalue weighted by molar-refractivity contribution is 7.92. The van der Waals surface area contributed by atoms with E-state index in [9.17, 15) is 8.42 Å². The number of sulfonamides is 1. The third kappa shape index (κ3) is 2.09. The first-order chi connectivity index (χ1) is 9.09. The first-order valence-electron chi connectivity index (χ1n) is 5.81. The van der Waals surface area contributed by atoms with Gasteiger partial charge in [-0.1, -0.05) is 29.8 Å². The Labute approximate surface area is 116 Å². The summed E-state index contributed by atoms with van der Waals surface area (Å²) >= 11 is 5.76. The molecule has 1 aliphatic heterocycles. The predicted octanol–water partition coefficient (Wildman–Crippen LogP) is 2.49. The standard InChI is InChI=1S/C13H11ClN2O2S/c14-13-9-11(5-7-15-13)19(17,18)16-8-6-10-3-1-2-4-12(10)16/h1-5,7,9H,6,8H2. The van der Waals surface area contributed by atoms with Crippen molar-refractivity contribution in [2.45, 2.75) is 11.3 Å². The van der Waals surface area contributed by atoms with Crippen molar-refractivity contribution in [2.75, 3.05) is 10.8 Å². The summed E-state index contributed by atoms with van der Waals surface area (Å²) in [6.07, 6.45) is 2.13. The van der Waals surface area contributed by atoms with Crippen molar-refractivity contribution in [2.24, 2.45) is 0 Å². The Bertz CT molecular complexity index is 731. The SMILES string of the molecule is O=S(=O)(c1ccnc(Cl)c1)N1CCc2ccccc21. The quantitative estimate of drug-likeness (QED) is 0.800. The van der Waals surface area contributed by atoms with Crippen molar-refractivity contribution in [1.29, 1.82) is 0 Å². The van der Waals surface area contributed by atoms with Crippen molar-refractivity contribution in [3.05, 3.63) is 53.3 Å². The van der Waals surface area contributed by atoms with Gasteiger partial charge in [-0.3, -0.25) is 4.31 Å². The average molecular weight is 295 g/mol. The normalized spacial score (nSPS) is 14.5. The van der Waals surface area contributed by atoms with Crippen LogP contribution in [0.3, 0.4) is 0 Å². The molecule has 0 atom stereocenters. The molecule has 0 saturated carbocycles. The van der Waals surface area contributed by atoms with Crippen LogP contribution in [0.4, 0.5) is 5.69 Å². The molecular weight excluding hydrogens is 284 g/mol. The first kappa shape index (κ1) is 12.4. The largest absolute Gasteiger partial charge is 0.266 e. The van der Waals surface area contributed by atoms with E-state index >= 15 is 0 Å². The molecule has 0 bridgehead atoms. The molecule has 0 unspecified atom stereocenters. The Hall–Kier alpha value is -1.59. The second-order valence-electron chi connectivity index (χ2n) is 4.27. The molecule has 0 N–H and O–H groups in total. The van der Waals surface area contributed by atoms with Crippen LogP contribution in [-0.4, -0.2) is 19.9 Å². The molecule has 1 aromatic carbocycles. The van der Waals surface area contributed by atoms with E-state index in [0.29, 0.717) is 6.54 Å². The molecule has 4 nitrogen and oxygen atoms in total. The zero-order valence-corrected chi connectivity index (χ0v) is 11.5. The van der Waals surface area contributed by atoms with Crippen molar-refractivity contribution >= 4 is 27.3 Å². The van der Waals surface area contributed by atoms with Crippen molar-refractivity contribution in [3.8, 4) is 0 Å². The van der Waals surface area contributed by atoms with E-state index < -0.39 is 10.0 Å². The number of fused-ring (bicyclic) bond motifs is 1. The smallest absolute Gasteiger partial charge is 0.264 e. The number of para-hydroxylation sites is 1. The minimum absolute atomic E-state index is 0.171. The molecule has 0 saturated heterocycles. The molecular formula is C13H11ClN2O2S. The Morgan fingerprint density at radius 3 is 2.79 bits per heavy atom. The van der Waals surface area contributed by atoms with Crippen molar-refractivity contribution in [3.63, 3.8) is 0 Å². The molecule has 1 aliphatic rings. The fourth-order valence-electron chi connectivity index (χ4n) is 2.23. The van der Waals surface area contributed by atoms with Crippen molar-refractivity contribution in [1.82, 2.24) is 4.98 Å². The second-order valence-corrected chi connectivity index (χ2v) is 6.52. The van der Waals surface area contributed by atoms with Crippen LogP contribution in [-0.2, 0) is 16.4 Å². The molecule has 0 amide bonds. The van der Waals surface area contributed by atoms with Crippen LogP contribution in [0.1, 0.15) is 5.56 Å². The predicted molar refractivity (Wildman–Crippen MR) is 73.9 cm³/mol. The maximum absolute atomic E-state index is 12.6. The summed E-state index contributed by atoms with van der Waals surface area (Å²) < 4.78 is 26.6. The molecule has 0 aliphatic carbocycles. The minimum atomic E-state index is -3.57. The van der Waals surface area contributed by atoms with Gasteiger partial charge in [0.05, 0.1) is 10.6 Å². The molecule has 6 heteroatoms. The highest BCUT2D eigenvalue weighted by atomic mass is 35.5. The van der Waals surface area contributed by atoms with E-state index in [4.69, 9.17) is 11.6 Å². The lowest BCUT2D eigenvalue weighted by Gasteiger charge is -2.19. The van der Waals surface area contributed by atoms with Crippen LogP contribution in [0.5, 0.6) is 0 Å². The van der Waals surface area contributed by atoms with Gasteiger partial charge in [0.25, 0.3) is 10.0 Å². The van der Waals surface area contributed by atoms with Gasteiger partial charge in [-0.15, -0.1) is 0 Å². The topological polar surface area (TPSA) is 50.3 Å². The van der Waals surface area contributed by atoms with Crippen LogP contribution < -0.4 is 4.31 Å². The summed E-state index contributed by atoms with van der Waals surface area (Å²) in [5, 5.41) is 0.175. The zero-order valence-electron chi connectivity index (χ0n) is 9.95. The van der Waals surface area contributed by atoms with Gasteiger partial charge >= 0.3 is 0 Å². The van der Waals surface area contributed by atoms with E-state index in [0.717, 1.165) is 17.7 Å². The molecule has 19 heavy (non-hydrogen) atoms. The summed E-state index contributed by atoms with van der Waals surface area (Å²) in [6, 6.07) is 10.4. The molecule has 0 fully saturated rings. The van der Waals surface area contributed by atoms with Crippen LogP contribution in [0, 0.1) is 0 Å². The van der Waals surface area contributed by atoms with Crippen LogP contribution in [0.25, 0.3) is 0 Å². The third-order valence-electron chi connectivity index (χ3n) is 3.13. The van der Waals surface area contributed by atoms with Gasteiger partial charge in [0.15, 0.2) is 0 Å². The van der Waals surface area contributed by atoms with Crippen molar-refractivity contribution < 1.29 is 8.42 Å². The van der Waals surface area contributed by atoms with Gasteiger partial charge in [-0.05, 0) is 30.2 Å². The molecule has 0 radical (unpaired) electrons. The molecule has 0 spiro atoms. The average Bonchev–Trinajstić information content (AvgIpc) is 2.83. The maximum Gasteiger partial charge on any atom is 0.264 e. The van der Waals surface area contributed by atoms with E-state index in [1.165, 1.54) is 22.6 Å². The lowest BCUT2D eigenvalue weighted by Crippen LogP contribution is -2.29. The number of nitrogens with zero attached hydrogens (tertiary/aromatic N) is 2. The summed E-state index contributed by atoms with van der Waals surface area (Å²) in [5.41, 5.74) is 1.79. The molecule has 98 valence electrons. The van der Waals surface area contributed by atoms with Crippen LogP contribution >= 0.6 is 11.6 Å². The Morgan fingerprint density at radius 1 is 1.21 bits per heavy atom. The van der Waals surface area contributed by atoms with Crippen LogP contribution in [0.15, 0.2) is 47.5 Å². The van der Waals surface area contributed by atoms with Crippen LogP contribution in [0.2, 0.25) is 5.15 Å². The number of anilines is 1. The van der Waals surface area contributed by atoms with Gasteiger partial charge in [-0.25, -0.2) is 13.4 Å². The van der Waals surface area contributed by atoms with E-state index in [1.807, 2.05) is 24.3 Å². The van der Waals surface area contributed by atoms with E-state index in [-0.39, 0.29) is 10.0 Å². The van der Waals surface area contributed by atoms with Gasteiger partial charge < -0.3 is 0 Å². The maximum atomic E-state index is 12.6. The summed E-state index contributed by atoms with van der Waals surface area (Å²) in [4.78, 5) is 3.98. The summed E-state index contributed by atoms with van der Waals surface area (Å²) in [5.74, 6) is 0. The number of aromatic nitrogens is 1. The lowest BCUT2D eigenvalue weighted by molar-refractivity contribution is 0.592. The lowest BCUT2D eigenvalue weighted by atomic mass is 10.2. The third-order valence-corrected chi connectivity index (χ3v) is 5.15. The minimum Gasteiger partial charge on any atom is -0.266 e. The fraction of sp³-hybridized carbons (Fsp3) is 0.154. The Kier molecular flexibility index (Phi) is 2.95. The fourth-order valence-corrected chi connectivity index (χ4v) is 3.99. The number of benzene rings is 1. The molecule has 1 aromatic heterocycles. The van der Waals surface area contributed by atoms with Gasteiger partial charge in [0, 0.05) is 12.7 Å². The number of hydrogen-bond donors (Lipinski definition) is 0. The number of halogens is 1. The summed E-state index contributed by atoms with van der Waals surface area (Å²) in [7, 11) is -3.57. The molecule has 3 rings (SSSR count). The number of hydrogen-bond acceptors (Lipinski definition) is 3. The summed E-state index contributed by atoms with van der Waals surface area (Å²) in [6.45, 7) is 0.460. The van der Waals surface area contributed by atoms with Gasteiger partial charge in [0.1, 0.15) is 5.15 Å². The second kappa shape index (κ2) is 4.51. The number of rotatable bonds is 2. The zero-order chi connectivity index (χ0) is 13.5. The van der Waals surface area contributed by atoms with Gasteiger partial charge in [0.2, 0.25) is 0 Å². The Balaban J connectivity index is 2.08. The highest BCUT2D eigenvalue weighted by Gasteiger charge is 2.30. The molecule has 2 aromatic rings. The van der Waals surface area contributed by atoms with E-state index in [1.54, 1.807) is 0 Å². The number of pyridine rings is 1. The Morgan fingerprint density at radius 2 is 2.00 bits per heavy atom. The monoisotopic (exact) mass is 294 g/mol.